The highest BCUT2D eigenvalue weighted by molar-refractivity contribution is 7.89. The minimum Gasteiger partial charge on any atom is -0.493 e. The van der Waals surface area contributed by atoms with Crippen molar-refractivity contribution in [2.45, 2.75) is 43.4 Å². The first kappa shape index (κ1) is 24.3. The predicted octanol–water partition coefficient (Wildman–Crippen LogP) is 4.12. The van der Waals surface area contributed by atoms with Gasteiger partial charge in [-0.05, 0) is 62.4 Å². The van der Waals surface area contributed by atoms with Crippen molar-refractivity contribution in [3.8, 4) is 11.5 Å². The average molecular weight is 488 g/mol. The molecule has 0 bridgehead atoms. The van der Waals surface area contributed by atoms with Crippen molar-refractivity contribution in [1.82, 2.24) is 4.31 Å². The van der Waals surface area contributed by atoms with Gasteiger partial charge in [-0.3, -0.25) is 4.79 Å². The van der Waals surface area contributed by atoms with E-state index in [1.165, 1.54) is 13.2 Å². The SMILES string of the molecule is COc1ccc(NC(=O)c2ccc(N3CCCCC3)c(S(=O)(=O)N3CCCCC3)c2)cc1OC. The molecule has 0 aromatic heterocycles. The Kier molecular flexibility index (Phi) is 7.63. The second kappa shape index (κ2) is 10.7. The summed E-state index contributed by atoms with van der Waals surface area (Å²) in [5.74, 6) is 0.669. The first-order chi connectivity index (χ1) is 16.4. The standard InChI is InChI=1S/C25H33N3O5S/c1-32-22-12-10-20(18-23(22)33-2)26-25(29)19-9-11-21(27-13-5-3-6-14-27)24(17-19)34(30,31)28-15-7-4-8-16-28/h9-12,17-18H,3-8,13-16H2,1-2H3,(H,26,29). The van der Waals surface area contributed by atoms with Gasteiger partial charge in [0, 0.05) is 43.5 Å². The number of nitrogens with one attached hydrogen (secondary N) is 1. The number of sulfonamides is 1. The fraction of sp³-hybridized carbons (Fsp3) is 0.480. The van der Waals surface area contributed by atoms with Crippen molar-refractivity contribution in [2.24, 2.45) is 0 Å². The van der Waals surface area contributed by atoms with Gasteiger partial charge >= 0.3 is 0 Å². The molecule has 0 radical (unpaired) electrons. The molecule has 2 fully saturated rings. The van der Waals surface area contributed by atoms with E-state index in [-0.39, 0.29) is 10.8 Å². The zero-order valence-electron chi connectivity index (χ0n) is 19.9. The quantitative estimate of drug-likeness (QED) is 0.632. The summed E-state index contributed by atoms with van der Waals surface area (Å²) < 4.78 is 39.5. The van der Waals surface area contributed by atoms with Gasteiger partial charge in [0.1, 0.15) is 4.90 Å². The average Bonchev–Trinajstić information content (AvgIpc) is 2.89. The molecule has 34 heavy (non-hydrogen) atoms. The number of piperidine rings is 2. The molecule has 0 spiro atoms. The van der Waals surface area contributed by atoms with Gasteiger partial charge < -0.3 is 19.7 Å². The highest BCUT2D eigenvalue weighted by atomic mass is 32.2. The molecule has 2 aliphatic heterocycles. The number of rotatable bonds is 7. The summed E-state index contributed by atoms with van der Waals surface area (Å²) in [7, 11) is -0.641. The van der Waals surface area contributed by atoms with E-state index in [4.69, 9.17) is 9.47 Å². The van der Waals surface area contributed by atoms with E-state index >= 15 is 0 Å². The van der Waals surface area contributed by atoms with Crippen LogP contribution in [0.3, 0.4) is 0 Å². The van der Waals surface area contributed by atoms with Crippen LogP contribution < -0.4 is 19.7 Å². The minimum absolute atomic E-state index is 0.219. The topological polar surface area (TPSA) is 88.2 Å². The van der Waals surface area contributed by atoms with Crippen molar-refractivity contribution in [1.29, 1.82) is 0 Å². The Balaban J connectivity index is 1.67. The normalized spacial score (nSPS) is 17.3. The van der Waals surface area contributed by atoms with Crippen molar-refractivity contribution >= 4 is 27.3 Å². The van der Waals surface area contributed by atoms with Gasteiger partial charge in [0.2, 0.25) is 10.0 Å². The Morgan fingerprint density at radius 1 is 0.824 bits per heavy atom. The number of nitrogens with zero attached hydrogens (tertiary/aromatic N) is 2. The number of carbonyl (C=O) groups is 1. The van der Waals surface area contributed by atoms with Gasteiger partial charge in [-0.25, -0.2) is 8.42 Å². The van der Waals surface area contributed by atoms with Crippen LogP contribution in [-0.4, -0.2) is 59.0 Å². The molecule has 1 N–H and O–H groups in total. The number of hydrogen-bond donors (Lipinski definition) is 1. The molecular formula is C25H33N3O5S. The second-order valence-corrected chi connectivity index (χ2v) is 10.6. The predicted molar refractivity (Wildman–Crippen MR) is 133 cm³/mol. The van der Waals surface area contributed by atoms with Crippen molar-refractivity contribution in [3.05, 3.63) is 42.0 Å². The zero-order chi connectivity index (χ0) is 24.1. The van der Waals surface area contributed by atoms with Gasteiger partial charge in [-0.1, -0.05) is 6.42 Å². The number of carbonyl (C=O) groups excluding carboxylic acids is 1. The molecule has 2 aliphatic rings. The van der Waals surface area contributed by atoms with Crippen LogP contribution in [0.2, 0.25) is 0 Å². The third kappa shape index (κ3) is 5.15. The zero-order valence-corrected chi connectivity index (χ0v) is 20.7. The van der Waals surface area contributed by atoms with Crippen LogP contribution >= 0.6 is 0 Å². The summed E-state index contributed by atoms with van der Waals surface area (Å²) in [5.41, 5.74) is 1.52. The molecule has 0 atom stereocenters. The van der Waals surface area contributed by atoms with Crippen LogP contribution in [0, 0.1) is 0 Å². The summed E-state index contributed by atoms with van der Waals surface area (Å²) in [6.07, 6.45) is 5.97. The summed E-state index contributed by atoms with van der Waals surface area (Å²) in [6, 6.07) is 10.1. The number of ether oxygens (including phenoxy) is 2. The molecule has 2 heterocycles. The van der Waals surface area contributed by atoms with Crippen molar-refractivity contribution < 1.29 is 22.7 Å². The van der Waals surface area contributed by atoms with E-state index in [2.05, 4.69) is 10.2 Å². The fourth-order valence-electron chi connectivity index (χ4n) is 4.62. The molecule has 0 saturated carbocycles. The van der Waals surface area contributed by atoms with Gasteiger partial charge in [0.25, 0.3) is 5.91 Å². The second-order valence-electron chi connectivity index (χ2n) is 8.72. The maximum atomic E-state index is 13.7. The highest BCUT2D eigenvalue weighted by Gasteiger charge is 2.31. The molecule has 1 amide bonds. The van der Waals surface area contributed by atoms with E-state index in [0.717, 1.165) is 51.6 Å². The maximum Gasteiger partial charge on any atom is 0.255 e. The largest absolute Gasteiger partial charge is 0.493 e. The summed E-state index contributed by atoms with van der Waals surface area (Å²) in [4.78, 5) is 15.5. The summed E-state index contributed by atoms with van der Waals surface area (Å²) >= 11 is 0. The van der Waals surface area contributed by atoms with Gasteiger partial charge in [0.05, 0.1) is 19.9 Å². The Hall–Kier alpha value is -2.78. The minimum atomic E-state index is -3.72. The van der Waals surface area contributed by atoms with E-state index in [0.29, 0.717) is 41.5 Å². The Morgan fingerprint density at radius 2 is 1.47 bits per heavy atom. The van der Waals surface area contributed by atoms with E-state index in [9.17, 15) is 13.2 Å². The monoisotopic (exact) mass is 487 g/mol. The molecular weight excluding hydrogens is 454 g/mol. The van der Waals surface area contributed by atoms with Crippen LogP contribution in [0.4, 0.5) is 11.4 Å². The maximum absolute atomic E-state index is 13.7. The number of amides is 1. The van der Waals surface area contributed by atoms with E-state index in [1.54, 1.807) is 41.7 Å². The van der Waals surface area contributed by atoms with Gasteiger partial charge in [-0.2, -0.15) is 4.31 Å². The molecule has 184 valence electrons. The number of anilines is 2. The highest BCUT2D eigenvalue weighted by Crippen LogP contribution is 2.33. The molecule has 0 unspecified atom stereocenters. The Morgan fingerprint density at radius 3 is 2.12 bits per heavy atom. The lowest BCUT2D eigenvalue weighted by molar-refractivity contribution is 0.102. The molecule has 2 aromatic carbocycles. The van der Waals surface area contributed by atoms with Gasteiger partial charge in [-0.15, -0.1) is 0 Å². The third-order valence-corrected chi connectivity index (χ3v) is 8.42. The lowest BCUT2D eigenvalue weighted by atomic mass is 10.1. The molecule has 8 nitrogen and oxygen atoms in total. The van der Waals surface area contributed by atoms with Gasteiger partial charge in [0.15, 0.2) is 11.5 Å². The number of methoxy groups -OCH3 is 2. The molecule has 4 rings (SSSR count). The summed E-state index contributed by atoms with van der Waals surface area (Å²) in [6.45, 7) is 2.67. The molecule has 0 aliphatic carbocycles. The number of hydrogen-bond acceptors (Lipinski definition) is 6. The first-order valence-electron chi connectivity index (χ1n) is 11.9. The first-order valence-corrected chi connectivity index (χ1v) is 13.3. The smallest absolute Gasteiger partial charge is 0.255 e. The molecule has 2 aromatic rings. The molecule has 2 saturated heterocycles. The van der Waals surface area contributed by atoms with E-state index < -0.39 is 10.0 Å². The Bertz CT molecular complexity index is 1120. The van der Waals surface area contributed by atoms with Crippen molar-refractivity contribution in [3.63, 3.8) is 0 Å². The lowest BCUT2D eigenvalue weighted by Crippen LogP contribution is -2.37. The van der Waals surface area contributed by atoms with Crippen LogP contribution in [0.5, 0.6) is 11.5 Å². The number of benzene rings is 2. The van der Waals surface area contributed by atoms with Crippen LogP contribution in [0.1, 0.15) is 48.9 Å². The van der Waals surface area contributed by atoms with E-state index in [1.807, 2.05) is 0 Å². The molecule has 9 heteroatoms. The van der Waals surface area contributed by atoms with Crippen LogP contribution in [0.15, 0.2) is 41.3 Å². The van der Waals surface area contributed by atoms with Crippen molar-refractivity contribution in [2.75, 3.05) is 50.6 Å². The fourth-order valence-corrected chi connectivity index (χ4v) is 6.37. The van der Waals surface area contributed by atoms with Crippen LogP contribution in [0.25, 0.3) is 0 Å². The van der Waals surface area contributed by atoms with Crippen LogP contribution in [-0.2, 0) is 10.0 Å². The lowest BCUT2D eigenvalue weighted by Gasteiger charge is -2.33. The Labute approximate surface area is 201 Å². The third-order valence-electron chi connectivity index (χ3n) is 6.49. The summed E-state index contributed by atoms with van der Waals surface area (Å²) in [5, 5.41) is 2.84.